The van der Waals surface area contributed by atoms with E-state index in [1.165, 1.54) is 0 Å². The van der Waals surface area contributed by atoms with Crippen LogP contribution in [0, 0.1) is 0 Å². The van der Waals surface area contributed by atoms with Crippen LogP contribution in [0.25, 0.3) is 0 Å². The summed E-state index contributed by atoms with van der Waals surface area (Å²) < 4.78 is 6.12. The molecule has 1 aliphatic rings. The van der Waals surface area contributed by atoms with Crippen molar-refractivity contribution in [3.8, 4) is 5.75 Å². The molecule has 0 saturated carbocycles. The predicted octanol–water partition coefficient (Wildman–Crippen LogP) is 2.85. The number of Topliss-reactive ketones (excluding diaryl/α,β-unsaturated/α-hetero) is 1. The summed E-state index contributed by atoms with van der Waals surface area (Å²) >= 11 is 3.38. The monoisotopic (exact) mass is 269 g/mol. The Morgan fingerprint density at radius 2 is 2.27 bits per heavy atom. The van der Waals surface area contributed by atoms with Crippen LogP contribution in [-0.2, 0) is 0 Å². The molecule has 3 nitrogen and oxygen atoms in total. The number of carbonyl (C=O) groups is 1. The molecule has 0 amide bonds. The van der Waals surface area contributed by atoms with Gasteiger partial charge in [0.1, 0.15) is 5.75 Å². The largest absolute Gasteiger partial charge is 0.495 e. The Morgan fingerprint density at radius 3 is 3.00 bits per heavy atom. The van der Waals surface area contributed by atoms with E-state index >= 15 is 0 Å². The quantitative estimate of drug-likeness (QED) is 0.852. The second-order valence-corrected chi connectivity index (χ2v) is 4.40. The predicted molar refractivity (Wildman–Crippen MR) is 62.7 cm³/mol. The van der Waals surface area contributed by atoms with E-state index in [4.69, 9.17) is 4.74 Å². The minimum absolute atomic E-state index is 0.176. The third kappa shape index (κ3) is 2.00. The summed E-state index contributed by atoms with van der Waals surface area (Å²) in [5.41, 5.74) is 1.54. The molecule has 0 saturated heterocycles. The number of rotatable bonds is 1. The molecule has 1 aromatic carbocycles. The van der Waals surface area contributed by atoms with Gasteiger partial charge in [0.05, 0.1) is 12.8 Å². The lowest BCUT2D eigenvalue weighted by Gasteiger charge is -2.12. The minimum Gasteiger partial charge on any atom is -0.495 e. The smallest absolute Gasteiger partial charge is 0.165 e. The number of fused-ring (bicyclic) bond motifs is 1. The van der Waals surface area contributed by atoms with E-state index in [1.807, 2.05) is 12.1 Å². The molecule has 15 heavy (non-hydrogen) atoms. The van der Waals surface area contributed by atoms with Gasteiger partial charge >= 0.3 is 0 Å². The summed E-state index contributed by atoms with van der Waals surface area (Å²) in [5.74, 6) is 0.893. The first kappa shape index (κ1) is 10.5. The zero-order valence-electron chi connectivity index (χ0n) is 8.47. The van der Waals surface area contributed by atoms with Gasteiger partial charge in [-0.25, -0.2) is 0 Å². The van der Waals surface area contributed by atoms with Crippen LogP contribution in [0.1, 0.15) is 23.2 Å². The maximum absolute atomic E-state index is 11.8. The zero-order chi connectivity index (χ0) is 10.8. The van der Waals surface area contributed by atoms with Crippen molar-refractivity contribution in [1.82, 2.24) is 0 Å². The molecule has 1 aromatic rings. The van der Waals surface area contributed by atoms with E-state index in [0.29, 0.717) is 6.42 Å². The Hall–Kier alpha value is -1.03. The molecular weight excluding hydrogens is 258 g/mol. The number of methoxy groups -OCH3 is 1. The van der Waals surface area contributed by atoms with E-state index in [1.54, 1.807) is 7.11 Å². The van der Waals surface area contributed by atoms with Gasteiger partial charge in [0.15, 0.2) is 5.78 Å². The topological polar surface area (TPSA) is 38.3 Å². The molecule has 0 bridgehead atoms. The summed E-state index contributed by atoms with van der Waals surface area (Å²) in [5, 5.41) is 3.24. The van der Waals surface area contributed by atoms with E-state index in [0.717, 1.165) is 34.4 Å². The molecule has 0 aromatic heterocycles. The highest BCUT2D eigenvalue weighted by atomic mass is 79.9. The zero-order valence-corrected chi connectivity index (χ0v) is 10.1. The molecule has 0 spiro atoms. The molecule has 0 aliphatic carbocycles. The first-order valence-corrected chi connectivity index (χ1v) is 5.66. The van der Waals surface area contributed by atoms with Crippen molar-refractivity contribution in [2.75, 3.05) is 19.0 Å². The summed E-state index contributed by atoms with van der Waals surface area (Å²) in [6.07, 6.45) is 1.47. The molecule has 0 radical (unpaired) electrons. The fourth-order valence-corrected chi connectivity index (χ4v) is 2.18. The lowest BCUT2D eigenvalue weighted by atomic mass is 10.1. The van der Waals surface area contributed by atoms with Gasteiger partial charge in [0.2, 0.25) is 0 Å². The van der Waals surface area contributed by atoms with Crippen molar-refractivity contribution in [2.24, 2.45) is 0 Å². The van der Waals surface area contributed by atoms with Crippen molar-refractivity contribution in [3.63, 3.8) is 0 Å². The first-order valence-electron chi connectivity index (χ1n) is 4.87. The van der Waals surface area contributed by atoms with Gasteiger partial charge < -0.3 is 10.1 Å². The average Bonchev–Trinajstić information content (AvgIpc) is 2.40. The van der Waals surface area contributed by atoms with Gasteiger partial charge in [-0.05, 0) is 18.6 Å². The molecule has 2 rings (SSSR count). The molecule has 0 fully saturated rings. The van der Waals surface area contributed by atoms with Crippen molar-refractivity contribution >= 4 is 27.4 Å². The van der Waals surface area contributed by atoms with Crippen molar-refractivity contribution in [3.05, 3.63) is 22.2 Å². The number of halogens is 1. The van der Waals surface area contributed by atoms with Crippen LogP contribution in [0.4, 0.5) is 5.69 Å². The SMILES string of the molecule is COc1cc(Br)cc2c1NCCCC2=O. The second-order valence-electron chi connectivity index (χ2n) is 3.48. The van der Waals surface area contributed by atoms with E-state index < -0.39 is 0 Å². The molecule has 0 unspecified atom stereocenters. The number of ketones is 1. The van der Waals surface area contributed by atoms with Gasteiger partial charge in [0.25, 0.3) is 0 Å². The number of nitrogens with one attached hydrogen (secondary N) is 1. The summed E-state index contributed by atoms with van der Waals surface area (Å²) in [4.78, 5) is 11.8. The fraction of sp³-hybridized carbons (Fsp3) is 0.364. The van der Waals surface area contributed by atoms with Crippen molar-refractivity contribution in [1.29, 1.82) is 0 Å². The molecule has 1 heterocycles. The Kier molecular flexibility index (Phi) is 2.95. The van der Waals surface area contributed by atoms with Crippen LogP contribution in [-0.4, -0.2) is 19.4 Å². The molecule has 0 atom stereocenters. The molecule has 1 aliphatic heterocycles. The Labute approximate surface area is 96.9 Å². The van der Waals surface area contributed by atoms with Gasteiger partial charge in [-0.3, -0.25) is 4.79 Å². The van der Waals surface area contributed by atoms with Gasteiger partial charge in [0, 0.05) is 23.0 Å². The van der Waals surface area contributed by atoms with Gasteiger partial charge in [-0.1, -0.05) is 15.9 Å². The second kappa shape index (κ2) is 4.23. The number of anilines is 1. The van der Waals surface area contributed by atoms with Crippen LogP contribution in [0.5, 0.6) is 5.75 Å². The normalized spacial score (nSPS) is 15.2. The van der Waals surface area contributed by atoms with Crippen LogP contribution >= 0.6 is 15.9 Å². The van der Waals surface area contributed by atoms with E-state index in [2.05, 4.69) is 21.2 Å². The van der Waals surface area contributed by atoms with Crippen molar-refractivity contribution in [2.45, 2.75) is 12.8 Å². The maximum Gasteiger partial charge on any atom is 0.165 e. The lowest BCUT2D eigenvalue weighted by Crippen LogP contribution is -2.03. The van der Waals surface area contributed by atoms with Crippen LogP contribution in [0.15, 0.2) is 16.6 Å². The Bertz CT molecular complexity index is 404. The van der Waals surface area contributed by atoms with Crippen molar-refractivity contribution < 1.29 is 9.53 Å². The Balaban J connectivity index is 2.58. The Morgan fingerprint density at radius 1 is 1.47 bits per heavy atom. The van der Waals surface area contributed by atoms with Crippen LogP contribution in [0.3, 0.4) is 0 Å². The molecule has 1 N–H and O–H groups in total. The van der Waals surface area contributed by atoms with Crippen LogP contribution in [0.2, 0.25) is 0 Å². The number of ether oxygens (including phenoxy) is 1. The summed E-state index contributed by atoms with van der Waals surface area (Å²) in [6.45, 7) is 0.816. The minimum atomic E-state index is 0.176. The molecule has 80 valence electrons. The average molecular weight is 270 g/mol. The third-order valence-electron chi connectivity index (χ3n) is 2.47. The van der Waals surface area contributed by atoms with E-state index in [-0.39, 0.29) is 5.78 Å². The van der Waals surface area contributed by atoms with E-state index in [9.17, 15) is 4.79 Å². The van der Waals surface area contributed by atoms with Crippen LogP contribution < -0.4 is 10.1 Å². The molecular formula is C11H12BrNO2. The first-order chi connectivity index (χ1) is 7.22. The highest BCUT2D eigenvalue weighted by Gasteiger charge is 2.19. The lowest BCUT2D eigenvalue weighted by molar-refractivity contribution is 0.0983. The fourth-order valence-electron chi connectivity index (χ4n) is 1.74. The highest BCUT2D eigenvalue weighted by Crippen LogP contribution is 2.34. The summed E-state index contributed by atoms with van der Waals surface area (Å²) in [7, 11) is 1.61. The van der Waals surface area contributed by atoms with Gasteiger partial charge in [-0.2, -0.15) is 0 Å². The number of carbonyl (C=O) groups excluding carboxylic acids is 1. The third-order valence-corrected chi connectivity index (χ3v) is 2.93. The van der Waals surface area contributed by atoms with Gasteiger partial charge in [-0.15, -0.1) is 0 Å². The molecule has 4 heteroatoms. The summed E-state index contributed by atoms with van der Waals surface area (Å²) in [6, 6.07) is 3.71. The highest BCUT2D eigenvalue weighted by molar-refractivity contribution is 9.10. The standard InChI is InChI=1S/C11H12BrNO2/c1-15-10-6-7(12)5-8-9(14)3-2-4-13-11(8)10/h5-6,13H,2-4H2,1H3. The number of hydrogen-bond acceptors (Lipinski definition) is 3. The number of benzene rings is 1. The number of hydrogen-bond donors (Lipinski definition) is 1. The maximum atomic E-state index is 11.8.